The van der Waals surface area contributed by atoms with E-state index in [-0.39, 0.29) is 5.75 Å². The van der Waals surface area contributed by atoms with Crippen molar-refractivity contribution in [3.8, 4) is 22.9 Å². The van der Waals surface area contributed by atoms with E-state index in [2.05, 4.69) is 15.3 Å². The maximum Gasteiger partial charge on any atom is 0.161 e. The molecular weight excluding hydrogens is 254 g/mol. The summed E-state index contributed by atoms with van der Waals surface area (Å²) in [6.07, 6.45) is 0.829. The predicted molar refractivity (Wildman–Crippen MR) is 79.2 cm³/mol. The molecule has 2 aromatic rings. The molecule has 0 aliphatic heterocycles. The first kappa shape index (κ1) is 14.1. The predicted octanol–water partition coefficient (Wildman–Crippen LogP) is 2.85. The Morgan fingerprint density at radius 3 is 2.60 bits per heavy atom. The highest BCUT2D eigenvalue weighted by Crippen LogP contribution is 2.30. The third-order valence-electron chi connectivity index (χ3n) is 2.94. The molecule has 5 heteroatoms. The van der Waals surface area contributed by atoms with Crippen molar-refractivity contribution in [2.75, 3.05) is 19.0 Å². The van der Waals surface area contributed by atoms with Crippen LogP contribution >= 0.6 is 0 Å². The molecule has 0 unspecified atom stereocenters. The molecule has 1 aromatic heterocycles. The molecule has 2 rings (SSSR count). The minimum Gasteiger partial charge on any atom is -0.504 e. The van der Waals surface area contributed by atoms with Crippen molar-refractivity contribution in [2.24, 2.45) is 0 Å². The van der Waals surface area contributed by atoms with Crippen LogP contribution in [0.1, 0.15) is 19.5 Å². The zero-order valence-electron chi connectivity index (χ0n) is 12.0. The van der Waals surface area contributed by atoms with Crippen molar-refractivity contribution in [3.05, 3.63) is 30.0 Å². The number of phenols is 1. The molecule has 106 valence electrons. The summed E-state index contributed by atoms with van der Waals surface area (Å²) in [6, 6.07) is 7.10. The second kappa shape index (κ2) is 6.23. The number of hydrogen-bond acceptors (Lipinski definition) is 5. The van der Waals surface area contributed by atoms with Crippen molar-refractivity contribution in [1.29, 1.82) is 0 Å². The van der Waals surface area contributed by atoms with Gasteiger partial charge < -0.3 is 15.2 Å². The van der Waals surface area contributed by atoms with Gasteiger partial charge in [0.1, 0.15) is 5.82 Å². The lowest BCUT2D eigenvalue weighted by atomic mass is 10.1. The normalized spacial score (nSPS) is 10.3. The first-order valence-corrected chi connectivity index (χ1v) is 6.67. The molecule has 5 nitrogen and oxygen atoms in total. The zero-order valence-corrected chi connectivity index (χ0v) is 12.0. The van der Waals surface area contributed by atoms with Gasteiger partial charge in [-0.05, 0) is 31.5 Å². The molecule has 20 heavy (non-hydrogen) atoms. The summed E-state index contributed by atoms with van der Waals surface area (Å²) < 4.78 is 5.04. The number of nitrogens with zero attached hydrogens (tertiary/aromatic N) is 2. The van der Waals surface area contributed by atoms with Gasteiger partial charge in [0.15, 0.2) is 17.3 Å². The van der Waals surface area contributed by atoms with Crippen LogP contribution in [0.4, 0.5) is 5.82 Å². The lowest BCUT2D eigenvalue weighted by molar-refractivity contribution is 0.373. The fourth-order valence-electron chi connectivity index (χ4n) is 1.91. The number of aromatic nitrogens is 2. The van der Waals surface area contributed by atoms with Crippen molar-refractivity contribution < 1.29 is 9.84 Å². The molecule has 0 saturated carbocycles. The third-order valence-corrected chi connectivity index (χ3v) is 2.94. The lowest BCUT2D eigenvalue weighted by Gasteiger charge is -2.09. The second-order valence-electron chi connectivity index (χ2n) is 4.34. The zero-order chi connectivity index (χ0) is 14.5. The number of hydrogen-bond donors (Lipinski definition) is 2. The average molecular weight is 273 g/mol. The van der Waals surface area contributed by atoms with Gasteiger partial charge >= 0.3 is 0 Å². The highest BCUT2D eigenvalue weighted by Gasteiger charge is 2.09. The van der Waals surface area contributed by atoms with E-state index in [0.29, 0.717) is 11.6 Å². The van der Waals surface area contributed by atoms with Gasteiger partial charge in [-0.1, -0.05) is 6.92 Å². The number of nitrogens with one attached hydrogen (secondary N) is 1. The molecule has 0 aliphatic carbocycles. The number of phenolic OH excluding ortho intramolecular Hbond substituents is 1. The highest BCUT2D eigenvalue weighted by atomic mass is 16.5. The molecule has 0 saturated heterocycles. The average Bonchev–Trinajstić information content (AvgIpc) is 2.47. The Morgan fingerprint density at radius 2 is 2.00 bits per heavy atom. The molecule has 0 bridgehead atoms. The lowest BCUT2D eigenvalue weighted by Crippen LogP contribution is -2.03. The number of benzene rings is 1. The molecule has 1 aromatic carbocycles. The number of methoxy groups -OCH3 is 1. The van der Waals surface area contributed by atoms with E-state index in [1.807, 2.05) is 26.0 Å². The Labute approximate surface area is 118 Å². The number of rotatable bonds is 5. The molecule has 0 spiro atoms. The van der Waals surface area contributed by atoms with Crippen molar-refractivity contribution in [1.82, 2.24) is 9.97 Å². The first-order valence-electron chi connectivity index (χ1n) is 6.67. The van der Waals surface area contributed by atoms with Crippen LogP contribution in [0, 0.1) is 0 Å². The van der Waals surface area contributed by atoms with Crippen molar-refractivity contribution in [3.63, 3.8) is 0 Å². The van der Waals surface area contributed by atoms with Crippen LogP contribution in [0.3, 0.4) is 0 Å². The summed E-state index contributed by atoms with van der Waals surface area (Å²) in [5, 5.41) is 13.0. The van der Waals surface area contributed by atoms with Gasteiger partial charge in [0.25, 0.3) is 0 Å². The number of aromatic hydroxyl groups is 1. The Morgan fingerprint density at radius 1 is 1.20 bits per heavy atom. The monoisotopic (exact) mass is 273 g/mol. The third kappa shape index (κ3) is 2.99. The smallest absolute Gasteiger partial charge is 0.161 e. The summed E-state index contributed by atoms with van der Waals surface area (Å²) in [6.45, 7) is 4.87. The molecule has 0 fully saturated rings. The van der Waals surface area contributed by atoms with Crippen LogP contribution in [0.5, 0.6) is 11.5 Å². The molecule has 1 heterocycles. The maximum absolute atomic E-state index is 9.86. The van der Waals surface area contributed by atoms with E-state index >= 15 is 0 Å². The minimum absolute atomic E-state index is 0.0838. The van der Waals surface area contributed by atoms with Crippen molar-refractivity contribution >= 4 is 5.82 Å². The maximum atomic E-state index is 9.86. The van der Waals surface area contributed by atoms with E-state index in [9.17, 15) is 5.11 Å². The topological polar surface area (TPSA) is 67.3 Å². The van der Waals surface area contributed by atoms with Crippen LogP contribution in [-0.2, 0) is 6.42 Å². The second-order valence-corrected chi connectivity index (χ2v) is 4.34. The SMILES string of the molecule is CCNc1cc(CC)nc(-c2ccc(OC)c(O)c2)n1. The molecule has 0 aliphatic rings. The van der Waals surface area contributed by atoms with E-state index in [1.165, 1.54) is 7.11 Å². The first-order chi connectivity index (χ1) is 9.67. The summed E-state index contributed by atoms with van der Waals surface area (Å²) >= 11 is 0. The van der Waals surface area contributed by atoms with E-state index in [1.54, 1.807) is 12.1 Å². The Bertz CT molecular complexity index is 600. The Balaban J connectivity index is 2.45. The van der Waals surface area contributed by atoms with Gasteiger partial charge in [-0.2, -0.15) is 0 Å². The van der Waals surface area contributed by atoms with Crippen LogP contribution < -0.4 is 10.1 Å². The highest BCUT2D eigenvalue weighted by molar-refractivity contribution is 5.62. The Kier molecular flexibility index (Phi) is 4.40. The van der Waals surface area contributed by atoms with E-state index in [4.69, 9.17) is 4.74 Å². The van der Waals surface area contributed by atoms with Crippen LogP contribution in [0.25, 0.3) is 11.4 Å². The number of ether oxygens (including phenoxy) is 1. The van der Waals surface area contributed by atoms with Gasteiger partial charge in [-0.3, -0.25) is 0 Å². The fourth-order valence-corrected chi connectivity index (χ4v) is 1.91. The van der Waals surface area contributed by atoms with E-state index < -0.39 is 0 Å². The largest absolute Gasteiger partial charge is 0.504 e. The quantitative estimate of drug-likeness (QED) is 0.876. The molecule has 2 N–H and O–H groups in total. The van der Waals surface area contributed by atoms with Gasteiger partial charge in [0.05, 0.1) is 7.11 Å². The van der Waals surface area contributed by atoms with Crippen LogP contribution in [0.2, 0.25) is 0 Å². The molecular formula is C15H19N3O2. The molecule has 0 radical (unpaired) electrons. The Hall–Kier alpha value is -2.30. The van der Waals surface area contributed by atoms with Crippen molar-refractivity contribution in [2.45, 2.75) is 20.3 Å². The fraction of sp³-hybridized carbons (Fsp3) is 0.333. The number of aryl methyl sites for hydroxylation is 1. The number of anilines is 1. The standard InChI is InChI=1S/C15H19N3O2/c1-4-11-9-14(16-5-2)18-15(17-11)10-6-7-13(20-3)12(19)8-10/h6-9,19H,4-5H2,1-3H3,(H,16,17,18). The van der Waals surface area contributed by atoms with Gasteiger partial charge in [-0.15, -0.1) is 0 Å². The summed E-state index contributed by atoms with van der Waals surface area (Å²) in [5.74, 6) is 1.91. The van der Waals surface area contributed by atoms with Gasteiger partial charge in [-0.25, -0.2) is 9.97 Å². The summed E-state index contributed by atoms with van der Waals surface area (Å²) in [5.41, 5.74) is 1.72. The van der Waals surface area contributed by atoms with Crippen LogP contribution in [0.15, 0.2) is 24.3 Å². The van der Waals surface area contributed by atoms with Gasteiger partial charge in [0.2, 0.25) is 0 Å². The molecule has 0 atom stereocenters. The summed E-state index contributed by atoms with van der Waals surface area (Å²) in [7, 11) is 1.52. The summed E-state index contributed by atoms with van der Waals surface area (Å²) in [4.78, 5) is 8.96. The van der Waals surface area contributed by atoms with Gasteiger partial charge in [0, 0.05) is 23.9 Å². The van der Waals surface area contributed by atoms with E-state index in [0.717, 1.165) is 30.0 Å². The molecule has 0 amide bonds. The minimum atomic E-state index is 0.0838. The van der Waals surface area contributed by atoms with Crippen LogP contribution in [-0.4, -0.2) is 28.7 Å².